The van der Waals surface area contributed by atoms with Crippen molar-refractivity contribution in [3.8, 4) is 5.75 Å². The number of urea groups is 1. The minimum Gasteiger partial charge on any atom is -0.497 e. The Bertz CT molecular complexity index is 830. The van der Waals surface area contributed by atoms with Crippen LogP contribution in [0.15, 0.2) is 48.5 Å². The van der Waals surface area contributed by atoms with Gasteiger partial charge in [0.1, 0.15) is 12.4 Å². The van der Waals surface area contributed by atoms with Crippen molar-refractivity contribution in [3.05, 3.63) is 53.6 Å². The molecule has 2 aromatic rings. The largest absolute Gasteiger partial charge is 0.497 e. The number of anilines is 2. The van der Waals surface area contributed by atoms with Crippen LogP contribution >= 0.6 is 11.6 Å². The lowest BCUT2D eigenvalue weighted by atomic mass is 10.2. The fourth-order valence-corrected chi connectivity index (χ4v) is 2.91. The van der Waals surface area contributed by atoms with E-state index in [-0.39, 0.29) is 31.2 Å². The Kier molecular flexibility index (Phi) is 6.16. The third-order valence-electron chi connectivity index (χ3n) is 4.07. The predicted octanol–water partition coefficient (Wildman–Crippen LogP) is 2.90. The van der Waals surface area contributed by atoms with Gasteiger partial charge in [-0.15, -0.1) is 0 Å². The summed E-state index contributed by atoms with van der Waals surface area (Å²) < 4.78 is 10.7. The Morgan fingerprint density at radius 2 is 2.11 bits per heavy atom. The molecule has 3 amide bonds. The van der Waals surface area contributed by atoms with Crippen molar-refractivity contribution in [3.63, 3.8) is 0 Å². The Labute approximate surface area is 162 Å². The van der Waals surface area contributed by atoms with Gasteiger partial charge in [0.2, 0.25) is 0 Å². The van der Waals surface area contributed by atoms with Crippen LogP contribution in [0.2, 0.25) is 5.02 Å². The number of morpholine rings is 1. The van der Waals surface area contributed by atoms with Crippen LogP contribution in [0.3, 0.4) is 0 Å². The zero-order valence-corrected chi connectivity index (χ0v) is 15.5. The second kappa shape index (κ2) is 8.75. The van der Waals surface area contributed by atoms with Crippen LogP contribution in [0.1, 0.15) is 0 Å². The Hall–Kier alpha value is -2.77. The summed E-state index contributed by atoms with van der Waals surface area (Å²) in [6.45, 7) is 0.559. The molecule has 7 nitrogen and oxygen atoms in total. The number of methoxy groups -OCH3 is 1. The molecule has 2 aromatic carbocycles. The normalized spacial score (nSPS) is 16.7. The highest BCUT2D eigenvalue weighted by Crippen LogP contribution is 2.23. The first kappa shape index (κ1) is 19.0. The van der Waals surface area contributed by atoms with Crippen molar-refractivity contribution in [2.24, 2.45) is 0 Å². The van der Waals surface area contributed by atoms with Gasteiger partial charge in [0, 0.05) is 29.0 Å². The van der Waals surface area contributed by atoms with E-state index in [0.717, 1.165) is 5.69 Å². The van der Waals surface area contributed by atoms with Crippen molar-refractivity contribution in [2.45, 2.75) is 6.10 Å². The van der Waals surface area contributed by atoms with E-state index >= 15 is 0 Å². The molecule has 1 unspecified atom stereocenters. The van der Waals surface area contributed by atoms with Gasteiger partial charge in [-0.25, -0.2) is 4.79 Å². The number of carbonyl (C=O) groups is 2. The van der Waals surface area contributed by atoms with Gasteiger partial charge in [-0.3, -0.25) is 4.79 Å². The topological polar surface area (TPSA) is 79.9 Å². The van der Waals surface area contributed by atoms with E-state index < -0.39 is 0 Å². The molecule has 1 saturated heterocycles. The molecule has 3 rings (SSSR count). The number of carbonyl (C=O) groups excluding carboxylic acids is 2. The minimum absolute atomic E-state index is 0.0422. The van der Waals surface area contributed by atoms with Gasteiger partial charge in [0.05, 0.1) is 19.8 Å². The lowest BCUT2D eigenvalue weighted by Gasteiger charge is -2.33. The number of hydrogen-bond acceptors (Lipinski definition) is 4. The maximum Gasteiger partial charge on any atom is 0.319 e. The quantitative estimate of drug-likeness (QED) is 0.824. The van der Waals surface area contributed by atoms with Gasteiger partial charge in [-0.05, 0) is 30.3 Å². The summed E-state index contributed by atoms with van der Waals surface area (Å²) in [6, 6.07) is 13.8. The molecule has 1 heterocycles. The van der Waals surface area contributed by atoms with E-state index in [0.29, 0.717) is 23.0 Å². The first-order valence-corrected chi connectivity index (χ1v) is 8.79. The molecule has 1 aliphatic heterocycles. The highest BCUT2D eigenvalue weighted by molar-refractivity contribution is 6.30. The molecular formula is C19H20ClN3O4. The first-order valence-electron chi connectivity index (χ1n) is 8.41. The number of nitrogens with one attached hydrogen (secondary N) is 2. The second-order valence-corrected chi connectivity index (χ2v) is 6.42. The van der Waals surface area contributed by atoms with Gasteiger partial charge in [0.25, 0.3) is 5.91 Å². The van der Waals surface area contributed by atoms with Crippen LogP contribution in [-0.4, -0.2) is 44.8 Å². The van der Waals surface area contributed by atoms with Crippen LogP contribution in [0.4, 0.5) is 16.2 Å². The van der Waals surface area contributed by atoms with Crippen molar-refractivity contribution >= 4 is 34.9 Å². The molecule has 8 heteroatoms. The van der Waals surface area contributed by atoms with Crippen LogP contribution in [0.25, 0.3) is 0 Å². The molecule has 0 spiro atoms. The molecule has 1 fully saturated rings. The summed E-state index contributed by atoms with van der Waals surface area (Å²) >= 11 is 5.90. The SMILES string of the molecule is COc1cccc(N2CC(CNC(=O)Nc3cccc(Cl)c3)OCC2=O)c1. The summed E-state index contributed by atoms with van der Waals surface area (Å²) in [4.78, 5) is 25.9. The smallest absolute Gasteiger partial charge is 0.319 e. The zero-order valence-electron chi connectivity index (χ0n) is 14.8. The van der Waals surface area contributed by atoms with Crippen molar-refractivity contribution in [1.29, 1.82) is 0 Å². The summed E-state index contributed by atoms with van der Waals surface area (Å²) in [5, 5.41) is 5.99. The van der Waals surface area contributed by atoms with Crippen molar-refractivity contribution in [1.82, 2.24) is 5.32 Å². The molecule has 0 aliphatic carbocycles. The Morgan fingerprint density at radius 1 is 1.30 bits per heavy atom. The number of halogens is 1. The number of benzene rings is 2. The van der Waals surface area contributed by atoms with E-state index in [2.05, 4.69) is 10.6 Å². The fraction of sp³-hybridized carbons (Fsp3) is 0.263. The molecule has 0 aromatic heterocycles. The summed E-state index contributed by atoms with van der Waals surface area (Å²) in [5.74, 6) is 0.533. The first-order chi connectivity index (χ1) is 13.0. The molecule has 27 heavy (non-hydrogen) atoms. The molecule has 1 atom stereocenters. The van der Waals surface area contributed by atoms with E-state index in [1.165, 1.54) is 0 Å². The van der Waals surface area contributed by atoms with Gasteiger partial charge in [-0.1, -0.05) is 23.7 Å². The summed E-state index contributed by atoms with van der Waals surface area (Å²) in [7, 11) is 1.57. The van der Waals surface area contributed by atoms with Crippen LogP contribution < -0.4 is 20.3 Å². The third-order valence-corrected chi connectivity index (χ3v) is 4.30. The standard InChI is InChI=1S/C19H20ClN3O4/c1-26-16-7-3-6-15(9-16)23-11-17(27-12-18(23)24)10-21-19(25)22-14-5-2-4-13(20)8-14/h2-9,17H,10-12H2,1H3,(H2,21,22,25). The Morgan fingerprint density at radius 3 is 2.89 bits per heavy atom. The number of amides is 3. The summed E-state index contributed by atoms with van der Waals surface area (Å²) in [5.41, 5.74) is 1.33. The highest BCUT2D eigenvalue weighted by Gasteiger charge is 2.28. The summed E-state index contributed by atoms with van der Waals surface area (Å²) in [6.07, 6.45) is -0.320. The molecule has 2 N–H and O–H groups in total. The van der Waals surface area contributed by atoms with E-state index in [1.807, 2.05) is 18.2 Å². The predicted molar refractivity (Wildman–Crippen MR) is 104 cm³/mol. The van der Waals surface area contributed by atoms with Gasteiger partial charge >= 0.3 is 6.03 Å². The Balaban J connectivity index is 1.56. The number of hydrogen-bond donors (Lipinski definition) is 2. The average Bonchev–Trinajstić information content (AvgIpc) is 2.67. The maximum absolute atomic E-state index is 12.2. The van der Waals surface area contributed by atoms with Crippen molar-refractivity contribution in [2.75, 3.05) is 37.0 Å². The molecule has 0 saturated carbocycles. The van der Waals surface area contributed by atoms with Gasteiger partial charge < -0.3 is 25.0 Å². The number of nitrogens with zero attached hydrogens (tertiary/aromatic N) is 1. The van der Waals surface area contributed by atoms with Crippen molar-refractivity contribution < 1.29 is 19.1 Å². The van der Waals surface area contributed by atoms with E-state index in [9.17, 15) is 9.59 Å². The molecule has 0 radical (unpaired) electrons. The van der Waals surface area contributed by atoms with E-state index in [4.69, 9.17) is 21.1 Å². The lowest BCUT2D eigenvalue weighted by molar-refractivity contribution is -0.129. The second-order valence-electron chi connectivity index (χ2n) is 5.98. The van der Waals surface area contributed by atoms with Crippen LogP contribution in [0, 0.1) is 0 Å². The highest BCUT2D eigenvalue weighted by atomic mass is 35.5. The maximum atomic E-state index is 12.2. The number of rotatable bonds is 5. The van der Waals surface area contributed by atoms with Crippen LogP contribution in [0.5, 0.6) is 5.75 Å². The molecule has 0 bridgehead atoms. The molecule has 142 valence electrons. The molecule has 1 aliphatic rings. The lowest BCUT2D eigenvalue weighted by Crippen LogP contribution is -2.51. The third kappa shape index (κ3) is 5.12. The average molecular weight is 390 g/mol. The molecular weight excluding hydrogens is 370 g/mol. The van der Waals surface area contributed by atoms with Crippen LogP contribution in [-0.2, 0) is 9.53 Å². The van der Waals surface area contributed by atoms with Gasteiger partial charge in [0.15, 0.2) is 0 Å². The monoisotopic (exact) mass is 389 g/mol. The van der Waals surface area contributed by atoms with E-state index in [1.54, 1.807) is 42.3 Å². The van der Waals surface area contributed by atoms with Gasteiger partial charge in [-0.2, -0.15) is 0 Å². The zero-order chi connectivity index (χ0) is 19.2. The number of ether oxygens (including phenoxy) is 2. The minimum atomic E-state index is -0.370. The fourth-order valence-electron chi connectivity index (χ4n) is 2.72.